The summed E-state index contributed by atoms with van der Waals surface area (Å²) in [6.45, 7) is 0.691. The molecular formula is C17H19N3O3. The number of carbonyl (C=O) groups excluding carboxylic acids is 3. The molecule has 2 heterocycles. The zero-order valence-electron chi connectivity index (χ0n) is 12.9. The Hall–Kier alpha value is -2.55. The molecule has 3 rings (SSSR count). The van der Waals surface area contributed by atoms with Crippen molar-refractivity contribution in [2.24, 2.45) is 0 Å². The van der Waals surface area contributed by atoms with Crippen LogP contribution in [0.3, 0.4) is 0 Å². The van der Waals surface area contributed by atoms with Gasteiger partial charge >= 0.3 is 6.03 Å². The van der Waals surface area contributed by atoms with Crippen molar-refractivity contribution >= 4 is 17.8 Å². The second kappa shape index (κ2) is 6.29. The lowest BCUT2D eigenvalue weighted by atomic mass is 9.96. The predicted molar refractivity (Wildman–Crippen MR) is 84.1 cm³/mol. The number of likely N-dealkylation sites (tertiary alicyclic amines) is 1. The van der Waals surface area contributed by atoms with Gasteiger partial charge in [-0.2, -0.15) is 0 Å². The van der Waals surface area contributed by atoms with Gasteiger partial charge in [0.25, 0.3) is 5.91 Å². The predicted octanol–water partition coefficient (Wildman–Crippen LogP) is 0.857. The lowest BCUT2D eigenvalue weighted by Crippen LogP contribution is -2.56. The Morgan fingerprint density at radius 2 is 2.09 bits per heavy atom. The van der Waals surface area contributed by atoms with Gasteiger partial charge in [0.2, 0.25) is 11.4 Å². The highest BCUT2D eigenvalue weighted by Crippen LogP contribution is 2.18. The first-order valence-electron chi connectivity index (χ1n) is 7.89. The molecule has 0 spiro atoms. The molecule has 2 fully saturated rings. The fourth-order valence-corrected chi connectivity index (χ4v) is 2.94. The van der Waals surface area contributed by atoms with E-state index in [2.05, 4.69) is 28.6 Å². The molecule has 4 amide bonds. The van der Waals surface area contributed by atoms with E-state index in [0.29, 0.717) is 13.0 Å². The van der Waals surface area contributed by atoms with E-state index in [-0.39, 0.29) is 12.5 Å². The molecule has 0 radical (unpaired) electrons. The summed E-state index contributed by atoms with van der Waals surface area (Å²) < 4.78 is 0. The van der Waals surface area contributed by atoms with Gasteiger partial charge in [0.15, 0.2) is 0 Å². The summed E-state index contributed by atoms with van der Waals surface area (Å²) in [5.41, 5.74) is -0.433. The Bertz CT molecular complexity index is 668. The minimum Gasteiger partial charge on any atom is -0.339 e. The van der Waals surface area contributed by atoms with Crippen LogP contribution in [0.25, 0.3) is 0 Å². The van der Waals surface area contributed by atoms with E-state index < -0.39 is 17.5 Å². The molecule has 6 heteroatoms. The van der Waals surface area contributed by atoms with E-state index in [0.717, 1.165) is 31.3 Å². The van der Waals surface area contributed by atoms with Gasteiger partial charge < -0.3 is 10.2 Å². The van der Waals surface area contributed by atoms with Gasteiger partial charge in [-0.25, -0.2) is 4.79 Å². The Morgan fingerprint density at radius 3 is 2.74 bits per heavy atom. The van der Waals surface area contributed by atoms with Crippen LogP contribution < -0.4 is 10.6 Å². The molecule has 2 aliphatic heterocycles. The number of nitrogens with one attached hydrogen (secondary N) is 2. The van der Waals surface area contributed by atoms with Gasteiger partial charge in [-0.1, -0.05) is 30.1 Å². The Balaban J connectivity index is 1.86. The van der Waals surface area contributed by atoms with Crippen molar-refractivity contribution in [2.75, 3.05) is 13.1 Å². The van der Waals surface area contributed by atoms with E-state index in [4.69, 9.17) is 0 Å². The number of nitrogens with zero attached hydrogens (tertiary/aromatic N) is 1. The quantitative estimate of drug-likeness (QED) is 0.586. The van der Waals surface area contributed by atoms with Crippen LogP contribution in [-0.4, -0.2) is 41.4 Å². The third kappa shape index (κ3) is 3.29. The summed E-state index contributed by atoms with van der Waals surface area (Å²) in [6, 6.07) is -0.564. The molecule has 3 aliphatic rings. The van der Waals surface area contributed by atoms with Crippen LogP contribution in [0.15, 0.2) is 23.8 Å². The molecule has 23 heavy (non-hydrogen) atoms. The highest BCUT2D eigenvalue weighted by atomic mass is 16.2. The van der Waals surface area contributed by atoms with Crippen LogP contribution in [0, 0.1) is 11.8 Å². The topological polar surface area (TPSA) is 78.5 Å². The van der Waals surface area contributed by atoms with Crippen molar-refractivity contribution in [1.82, 2.24) is 15.5 Å². The minimum atomic E-state index is -1.36. The summed E-state index contributed by atoms with van der Waals surface area (Å²) in [6.07, 6.45) is 9.88. The first-order valence-corrected chi connectivity index (χ1v) is 7.89. The summed E-state index contributed by atoms with van der Waals surface area (Å²) in [7, 11) is 0. The molecule has 0 aromatic rings. The number of imide groups is 1. The fraction of sp³-hybridized carbons (Fsp3) is 0.471. The maximum Gasteiger partial charge on any atom is 0.323 e. The molecule has 0 saturated carbocycles. The fourth-order valence-electron chi connectivity index (χ4n) is 2.94. The number of amides is 4. The van der Waals surface area contributed by atoms with Crippen molar-refractivity contribution in [3.8, 4) is 11.8 Å². The average molecular weight is 313 g/mol. The van der Waals surface area contributed by atoms with Crippen LogP contribution in [0.5, 0.6) is 0 Å². The average Bonchev–Trinajstić information content (AvgIpc) is 2.83. The highest BCUT2D eigenvalue weighted by Gasteiger charge is 2.47. The summed E-state index contributed by atoms with van der Waals surface area (Å²) in [4.78, 5) is 37.5. The molecule has 2 saturated heterocycles. The first kappa shape index (κ1) is 15.3. The van der Waals surface area contributed by atoms with Gasteiger partial charge in [0.1, 0.15) is 0 Å². The standard InChI is InChI=1S/C17H19N3O3/c21-14-8-4-5-11-20(14)12-17(15(22)18-16(23)19-17)10-9-13-6-2-1-3-7-13/h1-2,6H,3-5,7-8,11-12H2,(H2,18,19,22,23). The smallest absolute Gasteiger partial charge is 0.323 e. The van der Waals surface area contributed by atoms with Crippen LogP contribution >= 0.6 is 0 Å². The molecule has 0 aromatic heterocycles. The molecule has 0 bridgehead atoms. The third-order valence-electron chi connectivity index (χ3n) is 4.24. The largest absolute Gasteiger partial charge is 0.339 e. The second-order valence-electron chi connectivity index (χ2n) is 5.99. The molecule has 120 valence electrons. The minimum absolute atomic E-state index is 0.00573. The zero-order valence-corrected chi connectivity index (χ0v) is 12.9. The Kier molecular flexibility index (Phi) is 4.20. The van der Waals surface area contributed by atoms with Crippen molar-refractivity contribution in [3.05, 3.63) is 23.8 Å². The number of rotatable bonds is 2. The van der Waals surface area contributed by atoms with Crippen LogP contribution in [0.1, 0.15) is 32.1 Å². The van der Waals surface area contributed by atoms with Gasteiger partial charge in [0, 0.05) is 18.5 Å². The molecule has 0 aromatic carbocycles. The van der Waals surface area contributed by atoms with Gasteiger partial charge in [0.05, 0.1) is 6.54 Å². The van der Waals surface area contributed by atoms with Gasteiger partial charge in [-0.15, -0.1) is 0 Å². The number of piperidine rings is 1. The van der Waals surface area contributed by atoms with Crippen molar-refractivity contribution in [3.63, 3.8) is 0 Å². The molecular weight excluding hydrogens is 294 g/mol. The Morgan fingerprint density at radius 1 is 1.22 bits per heavy atom. The maximum atomic E-state index is 12.3. The number of urea groups is 1. The van der Waals surface area contributed by atoms with E-state index in [1.165, 1.54) is 0 Å². The monoisotopic (exact) mass is 313 g/mol. The third-order valence-corrected chi connectivity index (χ3v) is 4.24. The molecule has 1 aliphatic carbocycles. The van der Waals surface area contributed by atoms with E-state index >= 15 is 0 Å². The van der Waals surface area contributed by atoms with Crippen molar-refractivity contribution in [2.45, 2.75) is 37.6 Å². The van der Waals surface area contributed by atoms with Crippen LogP contribution in [0.2, 0.25) is 0 Å². The molecule has 6 nitrogen and oxygen atoms in total. The zero-order chi connectivity index (χ0) is 16.3. The Labute approximate surface area is 135 Å². The van der Waals surface area contributed by atoms with E-state index in [9.17, 15) is 14.4 Å². The van der Waals surface area contributed by atoms with Gasteiger partial charge in [-0.05, 0) is 25.7 Å². The van der Waals surface area contributed by atoms with Gasteiger partial charge in [-0.3, -0.25) is 14.9 Å². The highest BCUT2D eigenvalue weighted by molar-refractivity contribution is 6.09. The van der Waals surface area contributed by atoms with Crippen LogP contribution in [-0.2, 0) is 9.59 Å². The number of hydrogen-bond donors (Lipinski definition) is 2. The summed E-state index contributed by atoms with van der Waals surface area (Å²) in [5, 5.41) is 4.85. The first-order chi connectivity index (χ1) is 11.1. The van der Waals surface area contributed by atoms with E-state index in [1.54, 1.807) is 4.90 Å². The second-order valence-corrected chi connectivity index (χ2v) is 5.99. The molecule has 1 atom stereocenters. The summed E-state index contributed by atoms with van der Waals surface area (Å²) in [5.74, 6) is 5.45. The molecule has 1 unspecified atom stereocenters. The van der Waals surface area contributed by atoms with E-state index in [1.807, 2.05) is 12.2 Å². The number of hydrogen-bond acceptors (Lipinski definition) is 3. The number of allylic oxidation sites excluding steroid dienone is 4. The van der Waals surface area contributed by atoms with Crippen molar-refractivity contribution in [1.29, 1.82) is 0 Å². The SMILES string of the molecule is O=C1NC(=O)C(C#CC2=CC=CCC2)(CN2CCCCC2=O)N1. The normalized spacial score (nSPS) is 27.0. The lowest BCUT2D eigenvalue weighted by Gasteiger charge is -2.32. The van der Waals surface area contributed by atoms with Crippen LogP contribution in [0.4, 0.5) is 4.79 Å². The van der Waals surface area contributed by atoms with Crippen molar-refractivity contribution < 1.29 is 14.4 Å². The number of carbonyl (C=O) groups is 3. The lowest BCUT2D eigenvalue weighted by molar-refractivity contribution is -0.135. The molecule has 2 N–H and O–H groups in total. The summed E-state index contributed by atoms with van der Waals surface area (Å²) >= 11 is 0. The maximum absolute atomic E-state index is 12.3.